The average Bonchev–Trinajstić information content (AvgIpc) is 3.00. The Morgan fingerprint density at radius 1 is 1.35 bits per heavy atom. The molecule has 0 saturated heterocycles. The van der Waals surface area contributed by atoms with Crippen LogP contribution >= 0.6 is 11.3 Å². The number of nitrogens with one attached hydrogen (secondary N) is 2. The van der Waals surface area contributed by atoms with Gasteiger partial charge in [-0.1, -0.05) is 18.7 Å². The number of hydrogen-bond donors (Lipinski definition) is 2. The second-order valence-corrected chi connectivity index (χ2v) is 5.68. The Kier molecular flexibility index (Phi) is 6.02. The summed E-state index contributed by atoms with van der Waals surface area (Å²) < 4.78 is 5.01. The molecule has 7 heteroatoms. The van der Waals surface area contributed by atoms with Crippen molar-refractivity contribution < 1.29 is 14.3 Å². The van der Waals surface area contributed by atoms with Crippen molar-refractivity contribution in [3.63, 3.8) is 0 Å². The van der Waals surface area contributed by atoms with Gasteiger partial charge in [-0.25, -0.2) is 4.98 Å². The molecule has 1 aromatic carbocycles. The number of rotatable bonds is 7. The quantitative estimate of drug-likeness (QED) is 0.765. The maximum atomic E-state index is 12.4. The van der Waals surface area contributed by atoms with E-state index in [1.54, 1.807) is 37.6 Å². The Bertz CT molecular complexity index is 712. The van der Waals surface area contributed by atoms with Gasteiger partial charge in [0.1, 0.15) is 0 Å². The van der Waals surface area contributed by atoms with Crippen molar-refractivity contribution in [1.82, 2.24) is 4.98 Å². The Hall–Kier alpha value is -2.51. The van der Waals surface area contributed by atoms with Gasteiger partial charge < -0.3 is 10.1 Å². The summed E-state index contributed by atoms with van der Waals surface area (Å²) in [5.41, 5.74) is 0.780. The predicted molar refractivity (Wildman–Crippen MR) is 90.9 cm³/mol. The second-order valence-electron chi connectivity index (χ2n) is 4.57. The van der Waals surface area contributed by atoms with Crippen molar-refractivity contribution in [1.29, 1.82) is 0 Å². The minimum absolute atomic E-state index is 0.336. The number of amides is 2. The molecule has 0 fully saturated rings. The molecular formula is C16H17N3O3S. The molecule has 2 N–H and O–H groups in total. The highest BCUT2D eigenvalue weighted by Gasteiger charge is 2.14. The summed E-state index contributed by atoms with van der Waals surface area (Å²) in [5, 5.41) is 5.85. The van der Waals surface area contributed by atoms with Crippen molar-refractivity contribution in [2.75, 3.05) is 24.4 Å². The summed E-state index contributed by atoms with van der Waals surface area (Å²) in [6.45, 7) is 4.00. The van der Waals surface area contributed by atoms with Crippen LogP contribution in [0.3, 0.4) is 0 Å². The molecule has 0 spiro atoms. The number of aromatic nitrogens is 1. The van der Waals surface area contributed by atoms with E-state index >= 15 is 0 Å². The number of carbonyl (C=O) groups is 2. The van der Waals surface area contributed by atoms with E-state index in [9.17, 15) is 9.59 Å². The van der Waals surface area contributed by atoms with Gasteiger partial charge >= 0.3 is 0 Å². The largest absolute Gasteiger partial charge is 0.384 e. The van der Waals surface area contributed by atoms with Gasteiger partial charge in [-0.3, -0.25) is 14.9 Å². The van der Waals surface area contributed by atoms with E-state index in [-0.39, 0.29) is 11.8 Å². The zero-order chi connectivity index (χ0) is 16.7. The first-order valence-electron chi connectivity index (χ1n) is 6.91. The third-order valence-electron chi connectivity index (χ3n) is 2.94. The van der Waals surface area contributed by atoms with Crippen LogP contribution in [-0.4, -0.2) is 30.5 Å². The zero-order valence-electron chi connectivity index (χ0n) is 12.7. The van der Waals surface area contributed by atoms with Crippen molar-refractivity contribution in [3.8, 4) is 0 Å². The molecule has 1 heterocycles. The molecule has 0 saturated carbocycles. The third-order valence-corrected chi connectivity index (χ3v) is 3.91. The first kappa shape index (κ1) is 16.9. The fraction of sp³-hybridized carbons (Fsp3) is 0.188. The third kappa shape index (κ3) is 4.73. The summed E-state index contributed by atoms with van der Waals surface area (Å²) in [6, 6.07) is 6.75. The Morgan fingerprint density at radius 3 is 2.87 bits per heavy atom. The standard InChI is InChI=1S/C16H17N3O3S/c1-3-14(20)18-13-7-5-4-6-12(13)15(21)19-16-17-10-11(23-16)8-9-22-2/h3-7,10H,1,8-9H2,2H3,(H,18,20)(H,17,19,21). The smallest absolute Gasteiger partial charge is 0.259 e. The zero-order valence-corrected chi connectivity index (χ0v) is 13.5. The lowest BCUT2D eigenvalue weighted by Crippen LogP contribution is -2.16. The summed E-state index contributed by atoms with van der Waals surface area (Å²) in [6.07, 6.45) is 3.61. The lowest BCUT2D eigenvalue weighted by molar-refractivity contribution is -0.111. The van der Waals surface area contributed by atoms with Gasteiger partial charge in [0.05, 0.1) is 17.9 Å². The number of nitrogens with zero attached hydrogens (tertiary/aromatic N) is 1. The first-order valence-corrected chi connectivity index (χ1v) is 7.73. The highest BCUT2D eigenvalue weighted by Crippen LogP contribution is 2.21. The summed E-state index contributed by atoms with van der Waals surface area (Å²) in [5.74, 6) is -0.709. The summed E-state index contributed by atoms with van der Waals surface area (Å²) in [7, 11) is 1.64. The molecule has 0 radical (unpaired) electrons. The summed E-state index contributed by atoms with van der Waals surface area (Å²) >= 11 is 1.39. The van der Waals surface area contributed by atoms with E-state index in [1.165, 1.54) is 11.3 Å². The molecule has 120 valence electrons. The van der Waals surface area contributed by atoms with Crippen LogP contribution in [0.2, 0.25) is 0 Å². The molecule has 0 aliphatic rings. The summed E-state index contributed by atoms with van der Waals surface area (Å²) in [4.78, 5) is 29.0. The SMILES string of the molecule is C=CC(=O)Nc1ccccc1C(=O)Nc1ncc(CCOC)s1. The van der Waals surface area contributed by atoms with E-state index in [0.717, 1.165) is 17.4 Å². The van der Waals surface area contributed by atoms with Crippen LogP contribution in [0.4, 0.5) is 10.8 Å². The van der Waals surface area contributed by atoms with Gasteiger partial charge in [0.25, 0.3) is 5.91 Å². The Balaban J connectivity index is 2.10. The van der Waals surface area contributed by atoms with Crippen LogP contribution < -0.4 is 10.6 Å². The fourth-order valence-electron chi connectivity index (χ4n) is 1.82. The van der Waals surface area contributed by atoms with Crippen LogP contribution in [0.5, 0.6) is 0 Å². The predicted octanol–water partition coefficient (Wildman–Crippen LogP) is 2.71. The number of ether oxygens (including phenoxy) is 1. The molecule has 0 atom stereocenters. The second kappa shape index (κ2) is 8.21. The molecule has 2 aromatic rings. The molecule has 0 unspecified atom stereocenters. The maximum Gasteiger partial charge on any atom is 0.259 e. The highest BCUT2D eigenvalue weighted by atomic mass is 32.1. The van der Waals surface area contributed by atoms with E-state index in [2.05, 4.69) is 22.2 Å². The maximum absolute atomic E-state index is 12.4. The van der Waals surface area contributed by atoms with Gasteiger partial charge in [-0.05, 0) is 18.2 Å². The molecular weight excluding hydrogens is 314 g/mol. The number of anilines is 2. The Morgan fingerprint density at radius 2 is 2.13 bits per heavy atom. The molecule has 6 nitrogen and oxygen atoms in total. The van der Waals surface area contributed by atoms with Crippen molar-refractivity contribution in [2.24, 2.45) is 0 Å². The number of para-hydroxylation sites is 1. The molecule has 0 bridgehead atoms. The molecule has 0 aliphatic carbocycles. The van der Waals surface area contributed by atoms with Crippen LogP contribution in [0.1, 0.15) is 15.2 Å². The van der Waals surface area contributed by atoms with Crippen molar-refractivity contribution in [2.45, 2.75) is 6.42 Å². The van der Waals surface area contributed by atoms with E-state index < -0.39 is 0 Å². The van der Waals surface area contributed by atoms with Crippen LogP contribution in [0.25, 0.3) is 0 Å². The van der Waals surface area contributed by atoms with Crippen molar-refractivity contribution in [3.05, 3.63) is 53.6 Å². The minimum atomic E-state index is -0.374. The topological polar surface area (TPSA) is 80.3 Å². The average molecular weight is 331 g/mol. The monoisotopic (exact) mass is 331 g/mol. The van der Waals surface area contributed by atoms with Crippen LogP contribution in [-0.2, 0) is 16.0 Å². The molecule has 1 aromatic heterocycles. The van der Waals surface area contributed by atoms with E-state index in [1.807, 2.05) is 0 Å². The normalized spacial score (nSPS) is 10.1. The Labute approximate surface area is 138 Å². The van der Waals surface area contributed by atoms with Gasteiger partial charge in [-0.15, -0.1) is 11.3 Å². The first-order chi connectivity index (χ1) is 11.1. The highest BCUT2D eigenvalue weighted by molar-refractivity contribution is 7.15. The fourth-order valence-corrected chi connectivity index (χ4v) is 2.61. The van der Waals surface area contributed by atoms with E-state index in [0.29, 0.717) is 23.0 Å². The number of benzene rings is 1. The number of hydrogen-bond acceptors (Lipinski definition) is 5. The number of carbonyl (C=O) groups excluding carboxylic acids is 2. The lowest BCUT2D eigenvalue weighted by Gasteiger charge is -2.09. The number of methoxy groups -OCH3 is 1. The van der Waals surface area contributed by atoms with E-state index in [4.69, 9.17) is 4.74 Å². The van der Waals surface area contributed by atoms with Gasteiger partial charge in [-0.2, -0.15) is 0 Å². The van der Waals surface area contributed by atoms with Gasteiger partial charge in [0.2, 0.25) is 5.91 Å². The van der Waals surface area contributed by atoms with Crippen molar-refractivity contribution >= 4 is 34.0 Å². The molecule has 0 aliphatic heterocycles. The van der Waals surface area contributed by atoms with Crippen LogP contribution in [0.15, 0.2) is 43.1 Å². The van der Waals surface area contributed by atoms with Gasteiger partial charge in [0, 0.05) is 24.6 Å². The van der Waals surface area contributed by atoms with Gasteiger partial charge in [0.15, 0.2) is 5.13 Å². The van der Waals surface area contributed by atoms with Crippen LogP contribution in [0, 0.1) is 0 Å². The number of thiazole rings is 1. The lowest BCUT2D eigenvalue weighted by atomic mass is 10.1. The molecule has 23 heavy (non-hydrogen) atoms. The molecule has 2 rings (SSSR count). The molecule has 2 amide bonds. The minimum Gasteiger partial charge on any atom is -0.384 e.